The highest BCUT2D eigenvalue weighted by Crippen LogP contribution is 2.46. The molecule has 2 aliphatic carbocycles. The van der Waals surface area contributed by atoms with Crippen molar-refractivity contribution < 1.29 is 0 Å². The summed E-state index contributed by atoms with van der Waals surface area (Å²) < 4.78 is 0. The summed E-state index contributed by atoms with van der Waals surface area (Å²) in [6.07, 6.45) is 15.7. The minimum absolute atomic E-state index is 0.286. The van der Waals surface area contributed by atoms with Gasteiger partial charge in [-0.3, -0.25) is 0 Å². The summed E-state index contributed by atoms with van der Waals surface area (Å²) in [5, 5.41) is 0. The molecule has 19 heavy (non-hydrogen) atoms. The molecule has 1 unspecified atom stereocenters. The summed E-state index contributed by atoms with van der Waals surface area (Å²) in [4.78, 5) is 0. The quantitative estimate of drug-likeness (QED) is 0.495. The summed E-state index contributed by atoms with van der Waals surface area (Å²) in [7, 11) is 0. The van der Waals surface area contributed by atoms with Crippen molar-refractivity contribution in [2.45, 2.75) is 66.7 Å². The normalized spacial score (nSPS) is 30.1. The second kappa shape index (κ2) is 5.31. The second-order valence-electron chi connectivity index (χ2n) is 8.05. The van der Waals surface area contributed by atoms with Gasteiger partial charge in [-0.25, -0.2) is 0 Å². The minimum Gasteiger partial charge on any atom is -0.0805 e. The fourth-order valence-corrected chi connectivity index (χ4v) is 4.36. The van der Waals surface area contributed by atoms with Gasteiger partial charge in [0.25, 0.3) is 0 Å². The van der Waals surface area contributed by atoms with Crippen LogP contribution in [0, 0.1) is 16.7 Å². The average molecular weight is 258 g/mol. The van der Waals surface area contributed by atoms with Crippen LogP contribution in [0.25, 0.3) is 0 Å². The molecule has 2 aliphatic rings. The summed E-state index contributed by atoms with van der Waals surface area (Å²) in [5.41, 5.74) is 3.90. The van der Waals surface area contributed by atoms with Crippen molar-refractivity contribution in [1.29, 1.82) is 0 Å². The Morgan fingerprint density at radius 1 is 1.05 bits per heavy atom. The maximum atomic E-state index is 2.45. The van der Waals surface area contributed by atoms with Gasteiger partial charge in [0, 0.05) is 0 Å². The number of rotatable bonds is 0. The molecule has 0 heterocycles. The number of hydrogen-bond acceptors (Lipinski definition) is 0. The van der Waals surface area contributed by atoms with Gasteiger partial charge in [0.2, 0.25) is 0 Å². The molecule has 0 saturated carbocycles. The van der Waals surface area contributed by atoms with E-state index in [1.165, 1.54) is 25.7 Å². The first kappa shape index (κ1) is 14.6. The Labute approximate surface area is 119 Å². The molecule has 0 spiro atoms. The number of allylic oxidation sites excluding steroid dienone is 6. The molecule has 106 valence electrons. The predicted octanol–water partition coefficient (Wildman–Crippen LogP) is 6.06. The first-order valence-corrected chi connectivity index (χ1v) is 7.87. The minimum atomic E-state index is 0.286. The van der Waals surface area contributed by atoms with E-state index in [2.05, 4.69) is 58.9 Å². The van der Waals surface area contributed by atoms with Crippen molar-refractivity contribution in [3.8, 4) is 0 Å². The van der Waals surface area contributed by atoms with E-state index in [4.69, 9.17) is 0 Å². The summed E-state index contributed by atoms with van der Waals surface area (Å²) >= 11 is 0. The van der Waals surface area contributed by atoms with Crippen LogP contribution in [0.1, 0.15) is 66.7 Å². The summed E-state index contributed by atoms with van der Waals surface area (Å²) in [6.45, 7) is 12.2. The lowest BCUT2D eigenvalue weighted by Gasteiger charge is -2.37. The van der Waals surface area contributed by atoms with Gasteiger partial charge in [0.05, 0.1) is 0 Å². The van der Waals surface area contributed by atoms with Crippen molar-refractivity contribution >= 4 is 0 Å². The molecule has 0 amide bonds. The van der Waals surface area contributed by atoms with Crippen LogP contribution in [0.15, 0.2) is 35.5 Å². The van der Waals surface area contributed by atoms with Crippen LogP contribution in [0.2, 0.25) is 0 Å². The molecular weight excluding hydrogens is 228 g/mol. The van der Waals surface area contributed by atoms with Gasteiger partial charge >= 0.3 is 0 Å². The molecule has 0 nitrogen and oxygen atoms in total. The van der Waals surface area contributed by atoms with Gasteiger partial charge < -0.3 is 0 Å². The molecule has 1 atom stereocenters. The standard InChI is InChI=1S/C19H30/c1-15-11-12-16-9-7-6-8-10-17(16)19(4,5)14-18(2,3)13-15/h7-10,15H,6,11-14H2,1-5H3. The van der Waals surface area contributed by atoms with E-state index < -0.39 is 0 Å². The molecule has 0 aromatic carbocycles. The van der Waals surface area contributed by atoms with Gasteiger partial charge in [0.1, 0.15) is 0 Å². The SMILES string of the molecule is CC1CCC2=C(C=CCC=C2)C(C)(C)CC(C)(C)C1. The molecule has 0 radical (unpaired) electrons. The van der Waals surface area contributed by atoms with E-state index in [0.717, 1.165) is 12.3 Å². The van der Waals surface area contributed by atoms with Crippen LogP contribution < -0.4 is 0 Å². The van der Waals surface area contributed by atoms with E-state index in [1.807, 2.05) is 0 Å². The van der Waals surface area contributed by atoms with Crippen molar-refractivity contribution in [1.82, 2.24) is 0 Å². The molecule has 0 aromatic heterocycles. The van der Waals surface area contributed by atoms with Gasteiger partial charge in [-0.05, 0) is 60.0 Å². The highest BCUT2D eigenvalue weighted by molar-refractivity contribution is 5.40. The van der Waals surface area contributed by atoms with E-state index in [-0.39, 0.29) is 5.41 Å². The zero-order valence-electron chi connectivity index (χ0n) is 13.4. The molecule has 0 N–H and O–H groups in total. The fraction of sp³-hybridized carbons (Fsp3) is 0.684. The Morgan fingerprint density at radius 3 is 2.47 bits per heavy atom. The maximum Gasteiger partial charge on any atom is -0.00959 e. The third-order valence-corrected chi connectivity index (χ3v) is 4.68. The smallest absolute Gasteiger partial charge is 0.00959 e. The van der Waals surface area contributed by atoms with Gasteiger partial charge in [0.15, 0.2) is 0 Å². The Bertz CT molecular complexity index is 415. The van der Waals surface area contributed by atoms with Gasteiger partial charge in [-0.1, -0.05) is 58.9 Å². The van der Waals surface area contributed by atoms with Crippen LogP contribution in [-0.4, -0.2) is 0 Å². The molecule has 0 fully saturated rings. The highest BCUT2D eigenvalue weighted by atomic mass is 14.4. The van der Waals surface area contributed by atoms with Crippen LogP contribution in [0.5, 0.6) is 0 Å². The Hall–Kier alpha value is -0.780. The second-order valence-corrected chi connectivity index (χ2v) is 8.05. The highest BCUT2D eigenvalue weighted by Gasteiger charge is 2.34. The number of hydrogen-bond donors (Lipinski definition) is 0. The monoisotopic (exact) mass is 258 g/mol. The van der Waals surface area contributed by atoms with Crippen molar-refractivity contribution in [3.05, 3.63) is 35.5 Å². The first-order chi connectivity index (χ1) is 8.80. The van der Waals surface area contributed by atoms with Crippen molar-refractivity contribution in [2.24, 2.45) is 16.7 Å². The van der Waals surface area contributed by atoms with Crippen molar-refractivity contribution in [3.63, 3.8) is 0 Å². The van der Waals surface area contributed by atoms with E-state index in [9.17, 15) is 0 Å². The van der Waals surface area contributed by atoms with Crippen LogP contribution >= 0.6 is 0 Å². The van der Waals surface area contributed by atoms with Crippen molar-refractivity contribution in [2.75, 3.05) is 0 Å². The van der Waals surface area contributed by atoms with E-state index >= 15 is 0 Å². The molecular formula is C19H30. The van der Waals surface area contributed by atoms with Crippen LogP contribution in [0.4, 0.5) is 0 Å². The Kier molecular flexibility index (Phi) is 4.08. The summed E-state index contributed by atoms with van der Waals surface area (Å²) in [5.74, 6) is 0.832. The fourth-order valence-electron chi connectivity index (χ4n) is 4.36. The topological polar surface area (TPSA) is 0 Å². The molecule has 0 aromatic rings. The predicted molar refractivity (Wildman–Crippen MR) is 85.1 cm³/mol. The zero-order chi connectivity index (χ0) is 14.1. The summed E-state index contributed by atoms with van der Waals surface area (Å²) in [6, 6.07) is 0. The largest absolute Gasteiger partial charge is 0.0805 e. The Balaban J connectivity index is 2.43. The Morgan fingerprint density at radius 2 is 1.74 bits per heavy atom. The zero-order valence-corrected chi connectivity index (χ0v) is 13.4. The molecule has 0 saturated heterocycles. The first-order valence-electron chi connectivity index (χ1n) is 7.87. The average Bonchev–Trinajstić information content (AvgIpc) is 2.47. The third kappa shape index (κ3) is 3.61. The van der Waals surface area contributed by atoms with Gasteiger partial charge in [-0.15, -0.1) is 0 Å². The van der Waals surface area contributed by atoms with Gasteiger partial charge in [-0.2, -0.15) is 0 Å². The lowest BCUT2D eigenvalue weighted by Crippen LogP contribution is -2.25. The van der Waals surface area contributed by atoms with E-state index in [1.54, 1.807) is 11.1 Å². The maximum absolute atomic E-state index is 2.45. The third-order valence-electron chi connectivity index (χ3n) is 4.68. The molecule has 0 aliphatic heterocycles. The lowest BCUT2D eigenvalue weighted by atomic mass is 9.68. The molecule has 2 rings (SSSR count). The molecule has 0 heteroatoms. The lowest BCUT2D eigenvalue weighted by molar-refractivity contribution is 0.188. The van der Waals surface area contributed by atoms with E-state index in [0.29, 0.717) is 5.41 Å². The molecule has 0 bridgehead atoms. The van der Waals surface area contributed by atoms with Crippen LogP contribution in [0.3, 0.4) is 0 Å². The van der Waals surface area contributed by atoms with Crippen LogP contribution in [-0.2, 0) is 0 Å².